The number of carbonyl (C=O) groups is 1. The van der Waals surface area contributed by atoms with E-state index in [9.17, 15) is 15.0 Å². The molecule has 0 aliphatic carbocycles. The number of allylic oxidation sites excluding steroid dienone is 1. The van der Waals surface area contributed by atoms with Gasteiger partial charge in [0, 0.05) is 55.7 Å². The zero-order valence-corrected chi connectivity index (χ0v) is 22.9. The first-order valence-electron chi connectivity index (χ1n) is 14.6. The van der Waals surface area contributed by atoms with Gasteiger partial charge in [-0.1, -0.05) is 12.2 Å². The Morgan fingerprint density at radius 3 is 2.74 bits per heavy atom. The molecule has 5 aliphatic rings. The molecule has 0 radical (unpaired) electrons. The van der Waals surface area contributed by atoms with Gasteiger partial charge in [0.05, 0.1) is 37.5 Å². The Balaban J connectivity index is 1.18. The van der Waals surface area contributed by atoms with Crippen molar-refractivity contribution in [3.8, 4) is 0 Å². The van der Waals surface area contributed by atoms with Crippen LogP contribution in [0.4, 0.5) is 11.4 Å². The van der Waals surface area contributed by atoms with E-state index in [0.29, 0.717) is 13.1 Å². The molecule has 39 heavy (non-hydrogen) atoms. The SMILES string of the molecule is CN1CCN(c2ccc(NC3NCC4C(=O)N5C/C=C\CCC(O)C6CCCC(N6)N5C4N3)cc2CO)CC1. The Labute approximate surface area is 231 Å². The van der Waals surface area contributed by atoms with Gasteiger partial charge in [0.1, 0.15) is 6.29 Å². The summed E-state index contributed by atoms with van der Waals surface area (Å²) in [5, 5.41) is 39.4. The van der Waals surface area contributed by atoms with Crippen LogP contribution in [-0.4, -0.2) is 108 Å². The van der Waals surface area contributed by atoms with E-state index in [-0.39, 0.29) is 49.2 Å². The van der Waals surface area contributed by atoms with Crippen LogP contribution in [0.2, 0.25) is 0 Å². The number of hydrogen-bond donors (Lipinski definition) is 6. The maximum absolute atomic E-state index is 13.5. The molecule has 11 heteroatoms. The fraction of sp³-hybridized carbons (Fsp3) is 0.679. The lowest BCUT2D eigenvalue weighted by Crippen LogP contribution is -2.68. The number of nitrogens with zero attached hydrogens (tertiary/aromatic N) is 4. The van der Waals surface area contributed by atoms with Crippen LogP contribution in [0.15, 0.2) is 30.4 Å². The lowest BCUT2D eigenvalue weighted by molar-refractivity contribution is -0.145. The molecule has 6 unspecified atom stereocenters. The standard InChI is InChI=1S/C28H44N8O3/c1-33-12-14-34(15-13-33)23-10-9-20(16-19(23)18-37)30-28-29-17-21-26(32-28)36-25-8-5-6-22(31-25)24(38)7-3-2-4-11-35(36)27(21)39/h2,4,9-10,16,21-22,24-26,28-32,37-38H,3,5-8,11-15,17-18H2,1H3/b4-2-. The molecule has 5 heterocycles. The third-order valence-electron chi connectivity index (χ3n) is 9.06. The van der Waals surface area contributed by atoms with E-state index in [0.717, 1.165) is 75.2 Å². The van der Waals surface area contributed by atoms with Crippen molar-refractivity contribution >= 4 is 17.3 Å². The first-order chi connectivity index (χ1) is 19.0. The van der Waals surface area contributed by atoms with Gasteiger partial charge in [0.25, 0.3) is 0 Å². The Bertz CT molecular complexity index is 1050. The number of piperazine rings is 1. The molecule has 214 valence electrons. The lowest BCUT2D eigenvalue weighted by Gasteiger charge is -2.45. The van der Waals surface area contributed by atoms with Gasteiger partial charge < -0.3 is 25.3 Å². The van der Waals surface area contributed by atoms with Gasteiger partial charge in [-0.15, -0.1) is 0 Å². The van der Waals surface area contributed by atoms with Gasteiger partial charge in [-0.25, -0.2) is 0 Å². The Hall–Kier alpha value is -2.25. The highest BCUT2D eigenvalue weighted by Crippen LogP contribution is 2.33. The van der Waals surface area contributed by atoms with E-state index in [1.54, 1.807) is 0 Å². The van der Waals surface area contributed by atoms with Gasteiger partial charge in [-0.05, 0) is 57.4 Å². The molecule has 4 fully saturated rings. The Morgan fingerprint density at radius 2 is 1.92 bits per heavy atom. The fourth-order valence-electron chi connectivity index (χ4n) is 6.82. The predicted octanol–water partition coefficient (Wildman–Crippen LogP) is -0.000400. The second-order valence-corrected chi connectivity index (χ2v) is 11.6. The molecule has 4 saturated heterocycles. The van der Waals surface area contributed by atoms with Crippen LogP contribution in [-0.2, 0) is 11.4 Å². The molecular weight excluding hydrogens is 496 g/mol. The lowest BCUT2D eigenvalue weighted by atomic mass is 9.95. The summed E-state index contributed by atoms with van der Waals surface area (Å²) in [7, 11) is 2.14. The average Bonchev–Trinajstić information content (AvgIpc) is 3.22. The second-order valence-electron chi connectivity index (χ2n) is 11.6. The van der Waals surface area contributed by atoms with Crippen LogP contribution in [0, 0.1) is 5.92 Å². The normalized spacial score (nSPS) is 35.2. The monoisotopic (exact) mass is 540 g/mol. The molecular formula is C28H44N8O3. The highest BCUT2D eigenvalue weighted by Gasteiger charge is 2.52. The molecule has 6 rings (SSSR count). The number of likely N-dealkylation sites (N-methyl/N-ethyl adjacent to an activating group) is 1. The van der Waals surface area contributed by atoms with Crippen LogP contribution < -0.4 is 26.2 Å². The van der Waals surface area contributed by atoms with Gasteiger partial charge in [-0.3, -0.25) is 25.8 Å². The van der Waals surface area contributed by atoms with Crippen LogP contribution in [0.25, 0.3) is 0 Å². The molecule has 0 saturated carbocycles. The number of carbonyl (C=O) groups excluding carboxylic acids is 1. The van der Waals surface area contributed by atoms with Gasteiger partial charge >= 0.3 is 0 Å². The van der Waals surface area contributed by atoms with Gasteiger partial charge in [0.2, 0.25) is 5.91 Å². The number of benzene rings is 1. The van der Waals surface area contributed by atoms with Crippen molar-refractivity contribution in [2.24, 2.45) is 5.92 Å². The topological polar surface area (TPSA) is 119 Å². The summed E-state index contributed by atoms with van der Waals surface area (Å²) >= 11 is 0. The quantitative estimate of drug-likeness (QED) is 0.291. The van der Waals surface area contributed by atoms with Crippen molar-refractivity contribution in [3.05, 3.63) is 35.9 Å². The van der Waals surface area contributed by atoms with Crippen LogP contribution >= 0.6 is 0 Å². The molecule has 0 spiro atoms. The maximum atomic E-state index is 13.5. The van der Waals surface area contributed by atoms with Gasteiger partial charge in [-0.2, -0.15) is 5.01 Å². The fourth-order valence-corrected chi connectivity index (χ4v) is 6.82. The first-order valence-corrected chi connectivity index (χ1v) is 14.6. The average molecular weight is 541 g/mol. The maximum Gasteiger partial charge on any atom is 0.244 e. The molecule has 1 aromatic rings. The highest BCUT2D eigenvalue weighted by atomic mass is 16.3. The minimum absolute atomic E-state index is 0.0148. The molecule has 6 N–H and O–H groups in total. The number of hydrazine groups is 1. The molecule has 11 nitrogen and oxygen atoms in total. The Kier molecular flexibility index (Phi) is 8.08. The van der Waals surface area contributed by atoms with Crippen molar-refractivity contribution in [1.29, 1.82) is 0 Å². The number of nitrogens with one attached hydrogen (secondary N) is 4. The number of hydrogen-bond acceptors (Lipinski definition) is 10. The highest BCUT2D eigenvalue weighted by molar-refractivity contribution is 5.82. The Morgan fingerprint density at radius 1 is 1.08 bits per heavy atom. The summed E-state index contributed by atoms with van der Waals surface area (Å²) in [5.41, 5.74) is 2.92. The molecule has 5 aliphatic heterocycles. The van der Waals surface area contributed by atoms with Crippen molar-refractivity contribution in [2.45, 2.75) is 69.5 Å². The summed E-state index contributed by atoms with van der Waals surface area (Å²) in [6.07, 6.45) is 7.80. The summed E-state index contributed by atoms with van der Waals surface area (Å²) in [5.74, 6) is -0.0648. The summed E-state index contributed by atoms with van der Waals surface area (Å²) in [6, 6.07) is 6.24. The van der Waals surface area contributed by atoms with E-state index in [2.05, 4.69) is 67.4 Å². The predicted molar refractivity (Wildman–Crippen MR) is 150 cm³/mol. The van der Waals surface area contributed by atoms with Crippen LogP contribution in [0.5, 0.6) is 0 Å². The van der Waals surface area contributed by atoms with Crippen molar-refractivity contribution in [2.75, 3.05) is 56.5 Å². The van der Waals surface area contributed by atoms with E-state index >= 15 is 0 Å². The van der Waals surface area contributed by atoms with E-state index in [1.165, 1.54) is 0 Å². The van der Waals surface area contributed by atoms with Crippen LogP contribution in [0.1, 0.15) is 37.7 Å². The molecule has 1 aromatic carbocycles. The van der Waals surface area contributed by atoms with E-state index < -0.39 is 0 Å². The number of rotatable bonds is 4. The van der Waals surface area contributed by atoms with Crippen molar-refractivity contribution in [1.82, 2.24) is 30.9 Å². The number of anilines is 2. The summed E-state index contributed by atoms with van der Waals surface area (Å²) < 4.78 is 0. The first kappa shape index (κ1) is 26.9. The zero-order valence-electron chi connectivity index (χ0n) is 22.9. The summed E-state index contributed by atoms with van der Waals surface area (Å²) in [4.78, 5) is 18.2. The minimum Gasteiger partial charge on any atom is -0.392 e. The number of piperidine rings is 1. The number of aliphatic hydroxyl groups excluding tert-OH is 2. The molecule has 6 atom stereocenters. The number of fused-ring (bicyclic) bond motifs is 6. The smallest absolute Gasteiger partial charge is 0.244 e. The third-order valence-corrected chi connectivity index (χ3v) is 9.06. The number of amides is 1. The minimum atomic E-state index is -0.386. The summed E-state index contributed by atoms with van der Waals surface area (Å²) in [6.45, 7) is 5.02. The molecule has 0 aromatic heterocycles. The van der Waals surface area contributed by atoms with Gasteiger partial charge in [0.15, 0.2) is 0 Å². The number of aliphatic hydroxyl groups is 2. The van der Waals surface area contributed by atoms with E-state index in [4.69, 9.17) is 0 Å². The third kappa shape index (κ3) is 5.54. The molecule has 2 bridgehead atoms. The zero-order chi connectivity index (χ0) is 26.9. The molecule has 1 amide bonds. The van der Waals surface area contributed by atoms with Crippen LogP contribution in [0.3, 0.4) is 0 Å². The largest absolute Gasteiger partial charge is 0.392 e. The van der Waals surface area contributed by atoms with Crippen molar-refractivity contribution < 1.29 is 15.0 Å². The van der Waals surface area contributed by atoms with E-state index in [1.807, 2.05) is 11.1 Å². The van der Waals surface area contributed by atoms with Crippen molar-refractivity contribution in [3.63, 3.8) is 0 Å². The second kappa shape index (κ2) is 11.7.